The number of nitrogens with zero attached hydrogens (tertiary/aromatic N) is 1. The third-order valence-corrected chi connectivity index (χ3v) is 1.96. The van der Waals surface area contributed by atoms with E-state index >= 15 is 0 Å². The van der Waals surface area contributed by atoms with E-state index in [1.807, 2.05) is 30.3 Å². The van der Waals surface area contributed by atoms with E-state index in [1.165, 1.54) is 0 Å². The number of methoxy groups -OCH3 is 1. The maximum absolute atomic E-state index is 5.18. The van der Waals surface area contributed by atoms with E-state index in [1.54, 1.807) is 19.4 Å². The summed E-state index contributed by atoms with van der Waals surface area (Å²) < 4.78 is 5.18. The highest BCUT2D eigenvalue weighted by Crippen LogP contribution is 2.25. The molecule has 0 spiro atoms. The van der Waals surface area contributed by atoms with Crippen LogP contribution in [0.15, 0.2) is 42.6 Å². The third kappa shape index (κ3) is 1.59. The molecule has 0 saturated carbocycles. The summed E-state index contributed by atoms with van der Waals surface area (Å²) in [4.78, 5) is 4.26. The van der Waals surface area contributed by atoms with Crippen LogP contribution in [-0.2, 0) is 0 Å². The zero-order chi connectivity index (χ0) is 9.80. The van der Waals surface area contributed by atoms with Crippen molar-refractivity contribution in [3.8, 4) is 17.0 Å². The van der Waals surface area contributed by atoms with Crippen molar-refractivity contribution in [2.75, 3.05) is 7.11 Å². The van der Waals surface area contributed by atoms with Gasteiger partial charge in [0.1, 0.15) is 5.69 Å². The number of hydrogen-bond donors (Lipinski definition) is 0. The quantitative estimate of drug-likeness (QED) is 0.715. The Morgan fingerprint density at radius 3 is 2.71 bits per heavy atom. The van der Waals surface area contributed by atoms with E-state index in [2.05, 4.69) is 11.1 Å². The zero-order valence-corrected chi connectivity index (χ0v) is 7.90. The van der Waals surface area contributed by atoms with Gasteiger partial charge in [-0.1, -0.05) is 30.3 Å². The highest BCUT2D eigenvalue weighted by molar-refractivity contribution is 5.65. The van der Waals surface area contributed by atoms with E-state index in [4.69, 9.17) is 4.74 Å². The minimum atomic E-state index is 0.679. The molecule has 2 heteroatoms. The number of pyridine rings is 1. The maximum Gasteiger partial charge on any atom is 0.153 e. The predicted octanol–water partition coefficient (Wildman–Crippen LogP) is 2.56. The van der Waals surface area contributed by atoms with Crippen LogP contribution < -0.4 is 4.74 Å². The lowest BCUT2D eigenvalue weighted by molar-refractivity contribution is 0.414. The summed E-state index contributed by atoms with van der Waals surface area (Å²) in [5, 5.41) is 0. The summed E-state index contributed by atoms with van der Waals surface area (Å²) in [6.07, 6.45) is 1.71. The Kier molecular flexibility index (Phi) is 2.45. The molecule has 14 heavy (non-hydrogen) atoms. The van der Waals surface area contributed by atoms with Crippen molar-refractivity contribution in [1.29, 1.82) is 0 Å². The molecule has 0 aliphatic rings. The SMILES string of the molecule is COc1[c]ccnc1-c1ccccc1. The predicted molar refractivity (Wildman–Crippen MR) is 55.1 cm³/mol. The summed E-state index contributed by atoms with van der Waals surface area (Å²) in [6, 6.07) is 14.7. The molecule has 1 radical (unpaired) electrons. The molecule has 2 rings (SSSR count). The Bertz CT molecular complexity index is 412. The van der Waals surface area contributed by atoms with Crippen molar-refractivity contribution >= 4 is 0 Å². The zero-order valence-electron chi connectivity index (χ0n) is 7.90. The average Bonchev–Trinajstić information content (AvgIpc) is 2.30. The number of rotatable bonds is 2. The molecule has 0 atom stereocenters. The minimum Gasteiger partial charge on any atom is -0.494 e. The van der Waals surface area contributed by atoms with E-state index in [0.717, 1.165) is 11.3 Å². The van der Waals surface area contributed by atoms with Crippen LogP contribution in [0, 0.1) is 6.07 Å². The van der Waals surface area contributed by atoms with Crippen molar-refractivity contribution in [3.63, 3.8) is 0 Å². The van der Waals surface area contributed by atoms with Gasteiger partial charge in [0.15, 0.2) is 5.75 Å². The summed E-state index contributed by atoms with van der Waals surface area (Å²) in [7, 11) is 1.62. The molecule has 2 aromatic rings. The van der Waals surface area contributed by atoms with Crippen LogP contribution in [0.4, 0.5) is 0 Å². The first kappa shape index (κ1) is 8.75. The molecule has 2 nitrogen and oxygen atoms in total. The second-order valence-corrected chi connectivity index (χ2v) is 2.84. The Labute approximate surface area is 83.2 Å². The van der Waals surface area contributed by atoms with Crippen molar-refractivity contribution in [2.45, 2.75) is 0 Å². The molecule has 69 valence electrons. The first-order valence-corrected chi connectivity index (χ1v) is 4.38. The van der Waals surface area contributed by atoms with Gasteiger partial charge in [-0.2, -0.15) is 0 Å². The molecule has 0 unspecified atom stereocenters. The van der Waals surface area contributed by atoms with E-state index in [0.29, 0.717) is 5.75 Å². The summed E-state index contributed by atoms with van der Waals surface area (Å²) in [6.45, 7) is 0. The smallest absolute Gasteiger partial charge is 0.153 e. The molecule has 1 aromatic heterocycles. The fraction of sp³-hybridized carbons (Fsp3) is 0.0833. The van der Waals surface area contributed by atoms with Gasteiger partial charge in [-0.05, 0) is 6.07 Å². The topological polar surface area (TPSA) is 22.1 Å². The number of benzene rings is 1. The lowest BCUT2D eigenvalue weighted by Gasteiger charge is -2.05. The van der Waals surface area contributed by atoms with E-state index in [9.17, 15) is 0 Å². The Morgan fingerprint density at radius 2 is 2.00 bits per heavy atom. The first-order chi connectivity index (χ1) is 6.92. The lowest BCUT2D eigenvalue weighted by atomic mass is 10.1. The molecule has 0 fully saturated rings. The van der Waals surface area contributed by atoms with Crippen molar-refractivity contribution < 1.29 is 4.74 Å². The van der Waals surface area contributed by atoms with Crippen LogP contribution in [0.1, 0.15) is 0 Å². The van der Waals surface area contributed by atoms with Crippen LogP contribution in [0.2, 0.25) is 0 Å². The Hall–Kier alpha value is -1.83. The van der Waals surface area contributed by atoms with E-state index in [-0.39, 0.29) is 0 Å². The third-order valence-electron chi connectivity index (χ3n) is 1.96. The minimum absolute atomic E-state index is 0.679. The molecule has 0 aliphatic heterocycles. The van der Waals surface area contributed by atoms with Crippen molar-refractivity contribution in [1.82, 2.24) is 4.98 Å². The van der Waals surface area contributed by atoms with Gasteiger partial charge in [0.05, 0.1) is 7.11 Å². The summed E-state index contributed by atoms with van der Waals surface area (Å²) in [5.74, 6) is 0.679. The number of ether oxygens (including phenoxy) is 1. The molecular weight excluding hydrogens is 174 g/mol. The van der Waals surface area contributed by atoms with E-state index < -0.39 is 0 Å². The standard InChI is InChI=1S/C12H10NO/c1-14-11-8-5-9-13-12(11)10-6-3-2-4-7-10/h2-7,9H,1H3. The van der Waals surface area contributed by atoms with Crippen LogP contribution in [0.5, 0.6) is 5.75 Å². The molecule has 0 saturated heterocycles. The molecule has 1 aromatic carbocycles. The second-order valence-electron chi connectivity index (χ2n) is 2.84. The molecule has 0 bridgehead atoms. The molecule has 0 N–H and O–H groups in total. The van der Waals surface area contributed by atoms with Gasteiger partial charge in [-0.15, -0.1) is 0 Å². The molecule has 0 aliphatic carbocycles. The van der Waals surface area contributed by atoms with Gasteiger partial charge in [0.2, 0.25) is 0 Å². The molecular formula is C12H10NO. The van der Waals surface area contributed by atoms with Crippen molar-refractivity contribution in [2.24, 2.45) is 0 Å². The first-order valence-electron chi connectivity index (χ1n) is 4.38. The van der Waals surface area contributed by atoms with Gasteiger partial charge in [-0.3, -0.25) is 4.98 Å². The van der Waals surface area contributed by atoms with Gasteiger partial charge >= 0.3 is 0 Å². The lowest BCUT2D eigenvalue weighted by Crippen LogP contribution is -1.90. The van der Waals surface area contributed by atoms with Gasteiger partial charge < -0.3 is 4.74 Å². The average molecular weight is 184 g/mol. The van der Waals surface area contributed by atoms with Crippen molar-refractivity contribution in [3.05, 3.63) is 48.7 Å². The van der Waals surface area contributed by atoms with Crippen LogP contribution in [-0.4, -0.2) is 12.1 Å². The monoisotopic (exact) mass is 184 g/mol. The summed E-state index contributed by atoms with van der Waals surface area (Å²) >= 11 is 0. The highest BCUT2D eigenvalue weighted by atomic mass is 16.5. The maximum atomic E-state index is 5.18. The second kappa shape index (κ2) is 3.92. The normalized spacial score (nSPS) is 9.79. The highest BCUT2D eigenvalue weighted by Gasteiger charge is 2.04. The van der Waals surface area contributed by atoms with Crippen LogP contribution >= 0.6 is 0 Å². The fourth-order valence-corrected chi connectivity index (χ4v) is 1.31. The molecule has 1 heterocycles. The summed E-state index contributed by atoms with van der Waals surface area (Å²) in [5.41, 5.74) is 1.87. The largest absolute Gasteiger partial charge is 0.494 e. The van der Waals surface area contributed by atoms with Gasteiger partial charge in [0, 0.05) is 17.8 Å². The fourth-order valence-electron chi connectivity index (χ4n) is 1.31. The van der Waals surface area contributed by atoms with Crippen LogP contribution in [0.25, 0.3) is 11.3 Å². The van der Waals surface area contributed by atoms with Gasteiger partial charge in [-0.25, -0.2) is 0 Å². The Balaban J connectivity index is 2.51. The number of hydrogen-bond acceptors (Lipinski definition) is 2. The van der Waals surface area contributed by atoms with Crippen LogP contribution in [0.3, 0.4) is 0 Å². The van der Waals surface area contributed by atoms with Gasteiger partial charge in [0.25, 0.3) is 0 Å². The Morgan fingerprint density at radius 1 is 1.21 bits per heavy atom. The number of aromatic nitrogens is 1. The molecule has 0 amide bonds.